The number of hydrogen-bond donors (Lipinski definition) is 2. The average Bonchev–Trinajstić information content (AvgIpc) is 2.80. The second-order valence-corrected chi connectivity index (χ2v) is 11.0. The number of nitrogens with zero attached hydrogens (tertiary/aromatic N) is 3. The van der Waals surface area contributed by atoms with Crippen molar-refractivity contribution in [2.45, 2.75) is 72.0 Å². The second kappa shape index (κ2) is 10.7. The third kappa shape index (κ3) is 5.78. The number of anilines is 1. The summed E-state index contributed by atoms with van der Waals surface area (Å²) in [5.74, 6) is 2.11. The molecule has 0 radical (unpaired) electrons. The number of thioether (sulfide) groups is 1. The molecule has 4 atom stereocenters. The molecule has 8 heteroatoms. The first-order valence-electron chi connectivity index (χ1n) is 11.8. The Labute approximate surface area is 201 Å². The number of aromatic nitrogens is 3. The normalized spacial score (nSPS) is 24.3. The van der Waals surface area contributed by atoms with E-state index < -0.39 is 0 Å². The maximum Gasteiger partial charge on any atom is 0.283 e. The van der Waals surface area contributed by atoms with Crippen LogP contribution in [0.4, 0.5) is 5.69 Å². The van der Waals surface area contributed by atoms with Crippen LogP contribution < -0.4 is 16.2 Å². The smallest absolute Gasteiger partial charge is 0.283 e. The van der Waals surface area contributed by atoms with Gasteiger partial charge in [-0.1, -0.05) is 41.5 Å². The zero-order chi connectivity index (χ0) is 24.2. The van der Waals surface area contributed by atoms with Gasteiger partial charge in [0.25, 0.3) is 5.56 Å². The number of carbonyl (C=O) groups excluding carboxylic acids is 1. The Bertz CT molecular complexity index is 1010. The molecule has 0 spiro atoms. The first kappa shape index (κ1) is 25.3. The molecule has 3 rings (SSSR count). The van der Waals surface area contributed by atoms with Crippen LogP contribution in [0.2, 0.25) is 0 Å². The average molecular weight is 472 g/mol. The van der Waals surface area contributed by atoms with E-state index in [1.807, 2.05) is 19.1 Å². The van der Waals surface area contributed by atoms with Gasteiger partial charge in [0, 0.05) is 25.0 Å². The van der Waals surface area contributed by atoms with E-state index in [2.05, 4.69) is 55.3 Å². The predicted octanol–water partition coefficient (Wildman–Crippen LogP) is 4.19. The fourth-order valence-electron chi connectivity index (χ4n) is 4.63. The number of amides is 1. The van der Waals surface area contributed by atoms with E-state index >= 15 is 0 Å². The summed E-state index contributed by atoms with van der Waals surface area (Å²) in [5.41, 5.74) is 1.78. The first-order valence-corrected chi connectivity index (χ1v) is 12.8. The molecule has 0 bridgehead atoms. The molecule has 1 amide bonds. The number of rotatable bonds is 8. The number of pyridine rings is 1. The third-order valence-corrected chi connectivity index (χ3v) is 8.61. The Kier molecular flexibility index (Phi) is 8.21. The quantitative estimate of drug-likeness (QED) is 0.562. The number of carbonyl (C=O) groups is 1. The second-order valence-electron chi connectivity index (χ2n) is 9.77. The molecule has 0 saturated heterocycles. The monoisotopic (exact) mass is 471 g/mol. The highest BCUT2D eigenvalue weighted by Crippen LogP contribution is 2.48. The molecule has 2 aromatic rings. The molecule has 180 valence electrons. The van der Waals surface area contributed by atoms with Crippen molar-refractivity contribution in [1.82, 2.24) is 20.1 Å². The molecule has 2 aromatic heterocycles. The van der Waals surface area contributed by atoms with Gasteiger partial charge in [0.1, 0.15) is 6.54 Å². The Morgan fingerprint density at radius 2 is 1.94 bits per heavy atom. The van der Waals surface area contributed by atoms with Crippen LogP contribution in [0, 0.1) is 23.2 Å². The maximum absolute atomic E-state index is 13.2. The Morgan fingerprint density at radius 1 is 1.24 bits per heavy atom. The van der Waals surface area contributed by atoms with Crippen LogP contribution in [0.3, 0.4) is 0 Å². The maximum atomic E-state index is 13.2. The molecular weight excluding hydrogens is 434 g/mol. The summed E-state index contributed by atoms with van der Waals surface area (Å²) in [6.45, 7) is 14.0. The molecule has 1 fully saturated rings. The van der Waals surface area contributed by atoms with Gasteiger partial charge < -0.3 is 10.6 Å². The van der Waals surface area contributed by atoms with Crippen molar-refractivity contribution in [1.29, 1.82) is 0 Å². The van der Waals surface area contributed by atoms with Crippen molar-refractivity contribution in [2.75, 3.05) is 11.1 Å². The zero-order valence-electron chi connectivity index (χ0n) is 20.6. The van der Waals surface area contributed by atoms with Gasteiger partial charge >= 0.3 is 0 Å². The summed E-state index contributed by atoms with van der Waals surface area (Å²) in [6.07, 6.45) is 6.12. The lowest BCUT2D eigenvalue weighted by Gasteiger charge is -2.50. The zero-order valence-corrected chi connectivity index (χ0v) is 21.4. The summed E-state index contributed by atoms with van der Waals surface area (Å²) in [6, 6.07) is 3.96. The lowest BCUT2D eigenvalue weighted by Crippen LogP contribution is -2.48. The molecule has 0 aromatic carbocycles. The van der Waals surface area contributed by atoms with Gasteiger partial charge in [0.05, 0.1) is 16.8 Å². The van der Waals surface area contributed by atoms with Gasteiger partial charge in [-0.15, -0.1) is 11.8 Å². The largest absolute Gasteiger partial charge is 0.380 e. The van der Waals surface area contributed by atoms with Crippen molar-refractivity contribution in [2.24, 2.45) is 23.2 Å². The molecule has 1 aliphatic rings. The molecule has 0 aliphatic heterocycles. The van der Waals surface area contributed by atoms with Gasteiger partial charge in [0.15, 0.2) is 0 Å². The lowest BCUT2D eigenvalue weighted by atomic mass is 9.58. The van der Waals surface area contributed by atoms with Crippen molar-refractivity contribution in [3.05, 3.63) is 46.6 Å². The van der Waals surface area contributed by atoms with E-state index in [4.69, 9.17) is 0 Å². The topological polar surface area (TPSA) is 88.9 Å². The van der Waals surface area contributed by atoms with E-state index in [-0.39, 0.29) is 29.5 Å². The molecular formula is C25H37N5O2S. The van der Waals surface area contributed by atoms with Crippen LogP contribution in [-0.4, -0.2) is 32.5 Å². The van der Waals surface area contributed by atoms with E-state index in [1.54, 1.807) is 18.6 Å². The summed E-state index contributed by atoms with van der Waals surface area (Å²) >= 11 is 1.50. The molecule has 2 heterocycles. The lowest BCUT2D eigenvalue weighted by molar-refractivity contribution is -0.122. The van der Waals surface area contributed by atoms with Crippen molar-refractivity contribution < 1.29 is 4.79 Å². The fraction of sp³-hybridized carbons (Fsp3) is 0.600. The molecule has 0 unspecified atom stereocenters. The third-order valence-electron chi connectivity index (χ3n) is 7.64. The Balaban J connectivity index is 1.74. The van der Waals surface area contributed by atoms with E-state index in [0.717, 1.165) is 23.4 Å². The highest BCUT2D eigenvalue weighted by Gasteiger charge is 2.43. The highest BCUT2D eigenvalue weighted by atomic mass is 32.2. The molecule has 1 saturated carbocycles. The highest BCUT2D eigenvalue weighted by molar-refractivity contribution is 7.99. The summed E-state index contributed by atoms with van der Waals surface area (Å²) in [7, 11) is 0. The summed E-state index contributed by atoms with van der Waals surface area (Å²) in [4.78, 5) is 30.2. The predicted molar refractivity (Wildman–Crippen MR) is 134 cm³/mol. The van der Waals surface area contributed by atoms with Crippen LogP contribution in [0.1, 0.15) is 53.5 Å². The minimum Gasteiger partial charge on any atom is -0.380 e. The number of nitrogens with one attached hydrogen (secondary N) is 2. The van der Waals surface area contributed by atoms with Crippen LogP contribution in [0.15, 0.2) is 40.4 Å². The van der Waals surface area contributed by atoms with Crippen molar-refractivity contribution in [3.8, 4) is 0 Å². The summed E-state index contributed by atoms with van der Waals surface area (Å²) < 4.78 is 1.25. The van der Waals surface area contributed by atoms with Crippen LogP contribution in [0.5, 0.6) is 0 Å². The van der Waals surface area contributed by atoms with E-state index in [9.17, 15) is 9.59 Å². The fourth-order valence-corrected chi connectivity index (χ4v) is 5.41. The van der Waals surface area contributed by atoms with Gasteiger partial charge in [-0.3, -0.25) is 14.6 Å². The first-order chi connectivity index (χ1) is 15.6. The SMILES string of the molecule is CCSc1c(N[C@@H]2C[C@H](C)C(C)(C)[C@H](C)[C@H]2C)cnn(CC(=O)NCc2ccncc2)c1=O. The van der Waals surface area contributed by atoms with Crippen LogP contribution in [-0.2, 0) is 17.9 Å². The Hall–Kier alpha value is -2.35. The van der Waals surface area contributed by atoms with Gasteiger partial charge in [-0.25, -0.2) is 4.68 Å². The van der Waals surface area contributed by atoms with Gasteiger partial charge in [-0.05, 0) is 53.0 Å². The molecule has 7 nitrogen and oxygen atoms in total. The summed E-state index contributed by atoms with van der Waals surface area (Å²) in [5, 5.41) is 10.8. The van der Waals surface area contributed by atoms with Crippen LogP contribution >= 0.6 is 11.8 Å². The molecule has 33 heavy (non-hydrogen) atoms. The van der Waals surface area contributed by atoms with Gasteiger partial charge in [-0.2, -0.15) is 5.10 Å². The minimum atomic E-state index is -0.250. The van der Waals surface area contributed by atoms with Crippen molar-refractivity contribution in [3.63, 3.8) is 0 Å². The standard InChI is InChI=1S/C25H37N5O2S/c1-7-33-23-21(29-20-12-16(2)25(5,6)18(4)17(20)3)14-28-30(24(23)32)15-22(31)27-13-19-8-10-26-11-9-19/h8-11,14,16-18,20,29H,7,12-13,15H2,1-6H3,(H,27,31)/t16-,17+,18+,20+/m0/s1. The molecule has 1 aliphatic carbocycles. The van der Waals surface area contributed by atoms with E-state index in [1.165, 1.54) is 16.4 Å². The Morgan fingerprint density at radius 3 is 2.61 bits per heavy atom. The minimum absolute atomic E-state index is 0.108. The van der Waals surface area contributed by atoms with Crippen molar-refractivity contribution >= 4 is 23.4 Å². The van der Waals surface area contributed by atoms with Gasteiger partial charge in [0.2, 0.25) is 5.91 Å². The van der Waals surface area contributed by atoms with E-state index in [0.29, 0.717) is 29.2 Å². The van der Waals surface area contributed by atoms with Crippen LogP contribution in [0.25, 0.3) is 0 Å². The number of hydrogen-bond acceptors (Lipinski definition) is 6. The molecule has 2 N–H and O–H groups in total.